The van der Waals surface area contributed by atoms with Gasteiger partial charge in [-0.2, -0.15) is 4.39 Å². The van der Waals surface area contributed by atoms with Gasteiger partial charge < -0.3 is 9.47 Å². The van der Waals surface area contributed by atoms with E-state index in [4.69, 9.17) is 9.47 Å². The molecule has 1 unspecified atom stereocenters. The summed E-state index contributed by atoms with van der Waals surface area (Å²) in [5.74, 6) is -1.70. The number of rotatable bonds is 13. The van der Waals surface area contributed by atoms with Crippen molar-refractivity contribution in [1.82, 2.24) is 0 Å². The summed E-state index contributed by atoms with van der Waals surface area (Å²) in [5.41, 5.74) is 3.95. The molecular formula is C34H39F3O2. The Labute approximate surface area is 230 Å². The molecule has 0 fully saturated rings. The average Bonchev–Trinajstić information content (AvgIpc) is 2.96. The Morgan fingerprint density at radius 3 is 2.18 bits per heavy atom. The molecule has 0 heterocycles. The van der Waals surface area contributed by atoms with Gasteiger partial charge in [0.15, 0.2) is 11.6 Å². The average molecular weight is 537 g/mol. The standard InChI is InChI=1S/C34H39F3O2/c1-3-5-6-7-8-21-39-32-20-19-30(33(36)34(32)37)27-15-13-25(14-16-27)28-17-18-29(31(35)22-28)26-11-9-24(10-12-26)23-38-4-2/h11,13-20,22,24H,3-10,12,21,23H2,1-2H3. The lowest BCUT2D eigenvalue weighted by Gasteiger charge is -2.22. The molecule has 0 aromatic heterocycles. The van der Waals surface area contributed by atoms with Crippen LogP contribution in [0.1, 0.15) is 70.8 Å². The molecule has 0 spiro atoms. The van der Waals surface area contributed by atoms with E-state index >= 15 is 4.39 Å². The van der Waals surface area contributed by atoms with Crippen LogP contribution in [0.2, 0.25) is 0 Å². The summed E-state index contributed by atoms with van der Waals surface area (Å²) in [6.07, 6.45) is 10.2. The van der Waals surface area contributed by atoms with E-state index in [0.717, 1.165) is 74.9 Å². The van der Waals surface area contributed by atoms with Crippen LogP contribution in [0.3, 0.4) is 0 Å². The van der Waals surface area contributed by atoms with Gasteiger partial charge in [0.25, 0.3) is 0 Å². The first-order valence-corrected chi connectivity index (χ1v) is 14.3. The molecule has 3 aromatic rings. The molecule has 3 aromatic carbocycles. The maximum Gasteiger partial charge on any atom is 0.201 e. The molecule has 0 bridgehead atoms. The van der Waals surface area contributed by atoms with Crippen molar-refractivity contribution >= 4 is 5.57 Å². The predicted molar refractivity (Wildman–Crippen MR) is 153 cm³/mol. The fourth-order valence-electron chi connectivity index (χ4n) is 5.12. The molecule has 2 nitrogen and oxygen atoms in total. The highest BCUT2D eigenvalue weighted by Gasteiger charge is 2.19. The second kappa shape index (κ2) is 14.4. The lowest BCUT2D eigenvalue weighted by molar-refractivity contribution is 0.107. The van der Waals surface area contributed by atoms with Crippen LogP contribution < -0.4 is 4.74 Å². The molecule has 4 rings (SSSR count). The summed E-state index contributed by atoms with van der Waals surface area (Å²) in [5, 5.41) is 0. The Bertz CT molecular complexity index is 1250. The number of halogens is 3. The SMILES string of the molecule is CCCCCCCOc1ccc(-c2ccc(-c3ccc(C4=CCC(COCC)CC4)c(F)c3)cc2)c(F)c1F. The van der Waals surface area contributed by atoms with Crippen molar-refractivity contribution in [3.05, 3.63) is 83.7 Å². The van der Waals surface area contributed by atoms with Crippen LogP contribution in [0.25, 0.3) is 27.8 Å². The Morgan fingerprint density at radius 2 is 1.49 bits per heavy atom. The molecule has 208 valence electrons. The van der Waals surface area contributed by atoms with Gasteiger partial charge in [0.2, 0.25) is 5.82 Å². The van der Waals surface area contributed by atoms with Crippen LogP contribution in [-0.2, 0) is 4.74 Å². The van der Waals surface area contributed by atoms with E-state index in [-0.39, 0.29) is 17.1 Å². The van der Waals surface area contributed by atoms with Crippen molar-refractivity contribution in [2.24, 2.45) is 5.92 Å². The molecule has 0 radical (unpaired) electrons. The summed E-state index contributed by atoms with van der Waals surface area (Å²) in [6.45, 7) is 5.99. The Balaban J connectivity index is 1.41. The number of allylic oxidation sites excluding steroid dienone is 2. The molecular weight excluding hydrogens is 497 g/mol. The maximum absolute atomic E-state index is 15.1. The van der Waals surface area contributed by atoms with E-state index in [9.17, 15) is 8.78 Å². The molecule has 0 saturated heterocycles. The first kappa shape index (κ1) is 28.9. The quantitative estimate of drug-likeness (QED) is 0.202. The summed E-state index contributed by atoms with van der Waals surface area (Å²) in [7, 11) is 0. The zero-order chi connectivity index (χ0) is 27.6. The molecule has 0 amide bonds. The minimum absolute atomic E-state index is 0.0585. The van der Waals surface area contributed by atoms with E-state index in [0.29, 0.717) is 23.7 Å². The number of hydrogen-bond donors (Lipinski definition) is 0. The number of hydrogen-bond acceptors (Lipinski definition) is 2. The smallest absolute Gasteiger partial charge is 0.201 e. The zero-order valence-electron chi connectivity index (χ0n) is 23.1. The van der Waals surface area contributed by atoms with Crippen molar-refractivity contribution in [2.75, 3.05) is 19.8 Å². The Kier molecular flexibility index (Phi) is 10.7. The third kappa shape index (κ3) is 7.54. The lowest BCUT2D eigenvalue weighted by Crippen LogP contribution is -2.12. The van der Waals surface area contributed by atoms with Gasteiger partial charge in [-0.3, -0.25) is 0 Å². The topological polar surface area (TPSA) is 18.5 Å². The van der Waals surface area contributed by atoms with Crippen LogP contribution in [0.5, 0.6) is 5.75 Å². The van der Waals surface area contributed by atoms with Crippen molar-refractivity contribution in [3.8, 4) is 28.0 Å². The van der Waals surface area contributed by atoms with E-state index in [2.05, 4.69) is 13.0 Å². The van der Waals surface area contributed by atoms with Crippen molar-refractivity contribution < 1.29 is 22.6 Å². The van der Waals surface area contributed by atoms with Crippen LogP contribution in [0, 0.1) is 23.4 Å². The van der Waals surface area contributed by atoms with E-state index in [1.165, 1.54) is 12.5 Å². The lowest BCUT2D eigenvalue weighted by atomic mass is 9.86. The molecule has 0 aliphatic heterocycles. The first-order valence-electron chi connectivity index (χ1n) is 14.3. The highest BCUT2D eigenvalue weighted by molar-refractivity contribution is 5.74. The molecule has 0 saturated carbocycles. The van der Waals surface area contributed by atoms with Gasteiger partial charge in [-0.05, 0) is 79.0 Å². The molecule has 0 N–H and O–H groups in total. The number of unbranched alkanes of at least 4 members (excludes halogenated alkanes) is 4. The Morgan fingerprint density at radius 1 is 0.769 bits per heavy atom. The van der Waals surface area contributed by atoms with Crippen LogP contribution in [-0.4, -0.2) is 19.8 Å². The van der Waals surface area contributed by atoms with Crippen molar-refractivity contribution in [2.45, 2.75) is 65.2 Å². The highest BCUT2D eigenvalue weighted by atomic mass is 19.2. The zero-order valence-corrected chi connectivity index (χ0v) is 23.1. The van der Waals surface area contributed by atoms with Gasteiger partial charge >= 0.3 is 0 Å². The summed E-state index contributed by atoms with van der Waals surface area (Å²) < 4.78 is 55.7. The molecule has 1 aliphatic rings. The van der Waals surface area contributed by atoms with Gasteiger partial charge in [-0.15, -0.1) is 0 Å². The maximum atomic E-state index is 15.1. The van der Waals surface area contributed by atoms with Gasteiger partial charge in [0.1, 0.15) is 5.82 Å². The molecule has 39 heavy (non-hydrogen) atoms. The summed E-state index contributed by atoms with van der Waals surface area (Å²) in [6, 6.07) is 15.4. The predicted octanol–water partition coefficient (Wildman–Crippen LogP) is 10.0. The van der Waals surface area contributed by atoms with Gasteiger partial charge in [-0.25, -0.2) is 8.78 Å². The third-order valence-corrected chi connectivity index (χ3v) is 7.47. The fourth-order valence-corrected chi connectivity index (χ4v) is 5.12. The van der Waals surface area contributed by atoms with Gasteiger partial charge in [-0.1, -0.05) is 75.1 Å². The normalized spacial score (nSPS) is 15.3. The third-order valence-electron chi connectivity index (χ3n) is 7.47. The first-order chi connectivity index (χ1) is 19.0. The largest absolute Gasteiger partial charge is 0.490 e. The monoisotopic (exact) mass is 536 g/mol. The summed E-state index contributed by atoms with van der Waals surface area (Å²) in [4.78, 5) is 0. The fraction of sp³-hybridized carbons (Fsp3) is 0.412. The van der Waals surface area contributed by atoms with Gasteiger partial charge in [0, 0.05) is 24.3 Å². The minimum Gasteiger partial charge on any atom is -0.490 e. The second-order valence-electron chi connectivity index (χ2n) is 10.3. The van der Waals surface area contributed by atoms with Crippen LogP contribution >= 0.6 is 0 Å². The summed E-state index contributed by atoms with van der Waals surface area (Å²) >= 11 is 0. The molecule has 5 heteroatoms. The minimum atomic E-state index is -0.968. The van der Waals surface area contributed by atoms with Crippen molar-refractivity contribution in [3.63, 3.8) is 0 Å². The van der Waals surface area contributed by atoms with Crippen LogP contribution in [0.4, 0.5) is 13.2 Å². The van der Waals surface area contributed by atoms with Crippen LogP contribution in [0.15, 0.2) is 60.7 Å². The van der Waals surface area contributed by atoms with Gasteiger partial charge in [0.05, 0.1) is 6.61 Å². The second-order valence-corrected chi connectivity index (χ2v) is 10.3. The highest BCUT2D eigenvalue weighted by Crippen LogP contribution is 2.35. The Hall–Kier alpha value is -3.05. The van der Waals surface area contributed by atoms with E-state index < -0.39 is 11.6 Å². The van der Waals surface area contributed by atoms with E-state index in [1.54, 1.807) is 36.4 Å². The number of benzene rings is 3. The van der Waals surface area contributed by atoms with E-state index in [1.807, 2.05) is 19.1 Å². The number of ether oxygens (including phenoxy) is 2. The molecule has 1 aliphatic carbocycles. The van der Waals surface area contributed by atoms with Crippen molar-refractivity contribution in [1.29, 1.82) is 0 Å². The molecule has 1 atom stereocenters.